The molecule has 2 heterocycles. The number of aryl methyl sites for hydroxylation is 1. The Labute approximate surface area is 162 Å². The summed E-state index contributed by atoms with van der Waals surface area (Å²) in [7, 11) is 0. The molecular weight excluding hydrogens is 358 g/mol. The lowest BCUT2D eigenvalue weighted by Gasteiger charge is -2.12. The molecule has 4 rings (SSSR count). The molecule has 2 aromatic heterocycles. The third kappa shape index (κ3) is 3.67. The van der Waals surface area contributed by atoms with Gasteiger partial charge in [-0.2, -0.15) is 0 Å². The first-order valence-corrected chi connectivity index (χ1v) is 10.4. The monoisotopic (exact) mass is 381 g/mol. The van der Waals surface area contributed by atoms with Crippen molar-refractivity contribution in [1.82, 2.24) is 14.9 Å². The van der Waals surface area contributed by atoms with Crippen LogP contribution in [-0.2, 0) is 17.8 Å². The summed E-state index contributed by atoms with van der Waals surface area (Å²) in [6.07, 6.45) is 6.84. The van der Waals surface area contributed by atoms with Crippen molar-refractivity contribution in [1.29, 1.82) is 0 Å². The van der Waals surface area contributed by atoms with Crippen LogP contribution >= 0.6 is 11.3 Å². The highest BCUT2D eigenvalue weighted by Crippen LogP contribution is 2.30. The molecule has 6 heteroatoms. The van der Waals surface area contributed by atoms with Crippen molar-refractivity contribution in [2.45, 2.75) is 51.6 Å². The highest BCUT2D eigenvalue weighted by atomic mass is 32.1. The summed E-state index contributed by atoms with van der Waals surface area (Å²) >= 11 is 1.46. The molecule has 0 unspecified atom stereocenters. The predicted octanol–water partition coefficient (Wildman–Crippen LogP) is 3.75. The molecular formula is C21H23N3O2S. The third-order valence-electron chi connectivity index (χ3n) is 5.27. The van der Waals surface area contributed by atoms with Crippen LogP contribution in [0.3, 0.4) is 0 Å². The van der Waals surface area contributed by atoms with Gasteiger partial charge < -0.3 is 5.32 Å². The first kappa shape index (κ1) is 17.9. The first-order valence-electron chi connectivity index (χ1n) is 9.51. The quantitative estimate of drug-likeness (QED) is 0.732. The summed E-state index contributed by atoms with van der Waals surface area (Å²) < 4.78 is 1.42. The van der Waals surface area contributed by atoms with Gasteiger partial charge in [0.25, 0.3) is 5.56 Å². The molecule has 0 radical (unpaired) electrons. The molecule has 1 aromatic carbocycles. The van der Waals surface area contributed by atoms with E-state index in [9.17, 15) is 9.59 Å². The molecule has 1 fully saturated rings. The van der Waals surface area contributed by atoms with Crippen molar-refractivity contribution in [3.63, 3.8) is 0 Å². The number of rotatable bonds is 5. The molecule has 1 N–H and O–H groups in total. The zero-order valence-corrected chi connectivity index (χ0v) is 16.2. The van der Waals surface area contributed by atoms with Crippen molar-refractivity contribution in [2.75, 3.05) is 0 Å². The number of nitrogens with one attached hydrogen (secondary N) is 1. The van der Waals surface area contributed by atoms with Crippen molar-refractivity contribution in [3.8, 4) is 11.1 Å². The van der Waals surface area contributed by atoms with Crippen LogP contribution in [0.1, 0.15) is 38.2 Å². The number of aromatic nitrogens is 2. The zero-order valence-electron chi connectivity index (χ0n) is 15.4. The fourth-order valence-corrected chi connectivity index (χ4v) is 4.62. The van der Waals surface area contributed by atoms with Crippen molar-refractivity contribution in [3.05, 3.63) is 51.9 Å². The van der Waals surface area contributed by atoms with Gasteiger partial charge >= 0.3 is 0 Å². The molecule has 0 aliphatic heterocycles. The second kappa shape index (κ2) is 7.64. The van der Waals surface area contributed by atoms with Crippen molar-refractivity contribution < 1.29 is 4.79 Å². The van der Waals surface area contributed by atoms with Gasteiger partial charge in [-0.05, 0) is 30.4 Å². The van der Waals surface area contributed by atoms with Gasteiger partial charge in [-0.1, -0.05) is 44.0 Å². The molecule has 1 aliphatic rings. The van der Waals surface area contributed by atoms with Crippen LogP contribution in [-0.4, -0.2) is 21.5 Å². The number of nitrogens with zero attached hydrogens (tertiary/aromatic N) is 2. The fraction of sp³-hybridized carbons (Fsp3) is 0.381. The molecule has 140 valence electrons. The van der Waals surface area contributed by atoms with E-state index in [2.05, 4.69) is 29.4 Å². The largest absolute Gasteiger partial charge is 0.352 e. The Morgan fingerprint density at radius 1 is 1.26 bits per heavy atom. The Balaban J connectivity index is 1.64. The second-order valence-electron chi connectivity index (χ2n) is 7.11. The maximum Gasteiger partial charge on any atom is 0.263 e. The standard InChI is InChI=1S/C21H23N3O2S/c1-2-14-7-9-15(10-8-14)17-12-27-20-19(17)21(26)24(13-22-20)11-18(25)23-16-5-3-4-6-16/h7-10,12-13,16H,2-6,11H2,1H3,(H,23,25). The molecule has 0 atom stereocenters. The third-order valence-corrected chi connectivity index (χ3v) is 6.15. The Morgan fingerprint density at radius 3 is 2.70 bits per heavy atom. The van der Waals surface area contributed by atoms with Crippen molar-refractivity contribution in [2.24, 2.45) is 0 Å². The Bertz CT molecular complexity index is 1010. The maximum atomic E-state index is 13.0. The van der Waals surface area contributed by atoms with Gasteiger partial charge in [0, 0.05) is 17.0 Å². The van der Waals surface area contributed by atoms with Gasteiger partial charge in [0.1, 0.15) is 11.4 Å². The van der Waals surface area contributed by atoms with E-state index >= 15 is 0 Å². The number of thiophene rings is 1. The van der Waals surface area contributed by atoms with E-state index in [4.69, 9.17) is 0 Å². The Morgan fingerprint density at radius 2 is 2.00 bits per heavy atom. The van der Waals surface area contributed by atoms with E-state index in [0.717, 1.165) is 43.2 Å². The minimum Gasteiger partial charge on any atom is -0.352 e. The van der Waals surface area contributed by atoms with Crippen LogP contribution in [0, 0.1) is 0 Å². The Hall–Kier alpha value is -2.47. The minimum absolute atomic E-state index is 0.0162. The first-order chi connectivity index (χ1) is 13.2. The highest BCUT2D eigenvalue weighted by molar-refractivity contribution is 7.17. The zero-order chi connectivity index (χ0) is 18.8. The van der Waals surface area contributed by atoms with Crippen LogP contribution in [0.2, 0.25) is 0 Å². The van der Waals surface area contributed by atoms with Gasteiger partial charge in [0.05, 0.1) is 11.7 Å². The second-order valence-corrected chi connectivity index (χ2v) is 7.96. The average Bonchev–Trinajstić information content (AvgIpc) is 3.34. The molecule has 0 bridgehead atoms. The average molecular weight is 382 g/mol. The molecule has 3 aromatic rings. The van der Waals surface area contributed by atoms with E-state index in [1.165, 1.54) is 27.8 Å². The van der Waals surface area contributed by atoms with E-state index in [0.29, 0.717) is 10.2 Å². The summed E-state index contributed by atoms with van der Waals surface area (Å²) in [5, 5.41) is 5.60. The van der Waals surface area contributed by atoms with E-state index in [1.54, 1.807) is 0 Å². The van der Waals surface area contributed by atoms with Crippen LogP contribution < -0.4 is 10.9 Å². The Kier molecular flexibility index (Phi) is 5.07. The van der Waals surface area contributed by atoms with E-state index in [1.807, 2.05) is 17.5 Å². The summed E-state index contributed by atoms with van der Waals surface area (Å²) in [6.45, 7) is 2.14. The van der Waals surface area contributed by atoms with Gasteiger partial charge in [-0.3, -0.25) is 14.2 Å². The molecule has 0 spiro atoms. The number of hydrogen-bond acceptors (Lipinski definition) is 4. The number of benzene rings is 1. The molecule has 5 nitrogen and oxygen atoms in total. The number of amides is 1. The van der Waals surface area contributed by atoms with Gasteiger partial charge in [0.15, 0.2) is 0 Å². The molecule has 0 saturated heterocycles. The van der Waals surface area contributed by atoms with Gasteiger partial charge in [-0.15, -0.1) is 11.3 Å². The number of hydrogen-bond donors (Lipinski definition) is 1. The summed E-state index contributed by atoms with van der Waals surface area (Å²) in [5.41, 5.74) is 3.00. The summed E-state index contributed by atoms with van der Waals surface area (Å²) in [6, 6.07) is 8.51. The summed E-state index contributed by atoms with van der Waals surface area (Å²) in [5.74, 6) is -0.116. The fourth-order valence-electron chi connectivity index (χ4n) is 3.71. The number of fused-ring (bicyclic) bond motifs is 1. The lowest BCUT2D eigenvalue weighted by Crippen LogP contribution is -2.37. The SMILES string of the molecule is CCc1ccc(-c2csc3ncn(CC(=O)NC4CCCC4)c(=O)c23)cc1. The molecule has 1 amide bonds. The minimum atomic E-state index is -0.155. The van der Waals surface area contributed by atoms with E-state index in [-0.39, 0.29) is 24.1 Å². The van der Waals surface area contributed by atoms with E-state index < -0.39 is 0 Å². The molecule has 1 aliphatic carbocycles. The number of carbonyl (C=O) groups excluding carboxylic acids is 1. The lowest BCUT2D eigenvalue weighted by molar-refractivity contribution is -0.122. The van der Waals surface area contributed by atoms with Crippen LogP contribution in [0.15, 0.2) is 40.8 Å². The highest BCUT2D eigenvalue weighted by Gasteiger charge is 2.19. The smallest absolute Gasteiger partial charge is 0.263 e. The molecule has 1 saturated carbocycles. The normalized spacial score (nSPS) is 14.7. The van der Waals surface area contributed by atoms with Crippen LogP contribution in [0.25, 0.3) is 21.3 Å². The van der Waals surface area contributed by atoms with Crippen LogP contribution in [0.4, 0.5) is 0 Å². The van der Waals surface area contributed by atoms with Gasteiger partial charge in [0.2, 0.25) is 5.91 Å². The topological polar surface area (TPSA) is 64.0 Å². The van der Waals surface area contributed by atoms with Gasteiger partial charge in [-0.25, -0.2) is 4.98 Å². The summed E-state index contributed by atoms with van der Waals surface area (Å²) in [4.78, 5) is 30.5. The maximum absolute atomic E-state index is 13.0. The van der Waals surface area contributed by atoms with Crippen LogP contribution in [0.5, 0.6) is 0 Å². The molecule has 27 heavy (non-hydrogen) atoms. The lowest BCUT2D eigenvalue weighted by atomic mass is 10.0. The van der Waals surface area contributed by atoms with Crippen molar-refractivity contribution >= 4 is 27.5 Å². The predicted molar refractivity (Wildman–Crippen MR) is 109 cm³/mol. The number of carbonyl (C=O) groups is 1.